The molecule has 0 spiro atoms. The van der Waals surface area contributed by atoms with Crippen LogP contribution in [0.2, 0.25) is 5.02 Å². The Bertz CT molecular complexity index is 445. The Kier molecular flexibility index (Phi) is 5.05. The van der Waals surface area contributed by atoms with Gasteiger partial charge in [-0.25, -0.2) is 0 Å². The van der Waals surface area contributed by atoms with Gasteiger partial charge in [0.1, 0.15) is 0 Å². The van der Waals surface area contributed by atoms with Crippen LogP contribution >= 0.6 is 11.6 Å². The summed E-state index contributed by atoms with van der Waals surface area (Å²) in [4.78, 5) is 13.9. The second kappa shape index (κ2) is 6.78. The van der Waals surface area contributed by atoms with E-state index in [1.807, 2.05) is 25.1 Å². The third-order valence-electron chi connectivity index (χ3n) is 3.07. The number of nitrogens with zero attached hydrogens (tertiary/aromatic N) is 1. The molecule has 1 aromatic carbocycles. The summed E-state index contributed by atoms with van der Waals surface area (Å²) >= 11 is 6.29. The zero-order valence-corrected chi connectivity index (χ0v) is 11.9. The van der Waals surface area contributed by atoms with E-state index in [1.165, 1.54) is 0 Å². The van der Waals surface area contributed by atoms with E-state index in [0.717, 1.165) is 30.9 Å². The SMILES string of the molecule is CCCC(=O)Nc1cccc(Cl)c1N1CCOCC1. The molecule has 0 radical (unpaired) electrons. The Morgan fingerprint density at radius 2 is 2.16 bits per heavy atom. The number of anilines is 2. The van der Waals surface area contributed by atoms with Crippen molar-refractivity contribution in [2.45, 2.75) is 19.8 Å². The summed E-state index contributed by atoms with van der Waals surface area (Å²) < 4.78 is 5.35. The Morgan fingerprint density at radius 3 is 2.84 bits per heavy atom. The Balaban J connectivity index is 2.22. The van der Waals surface area contributed by atoms with Crippen molar-refractivity contribution >= 4 is 28.9 Å². The van der Waals surface area contributed by atoms with E-state index in [0.29, 0.717) is 24.7 Å². The Labute approximate surface area is 118 Å². The summed E-state index contributed by atoms with van der Waals surface area (Å²) in [7, 11) is 0. The predicted octanol–water partition coefficient (Wildman–Crippen LogP) is 2.92. The number of hydrogen-bond donors (Lipinski definition) is 1. The van der Waals surface area contributed by atoms with E-state index in [4.69, 9.17) is 16.3 Å². The lowest BCUT2D eigenvalue weighted by molar-refractivity contribution is -0.116. The fourth-order valence-corrected chi connectivity index (χ4v) is 2.46. The van der Waals surface area contributed by atoms with Crippen molar-refractivity contribution in [1.29, 1.82) is 0 Å². The third kappa shape index (κ3) is 3.61. The normalized spacial score (nSPS) is 15.4. The maximum Gasteiger partial charge on any atom is 0.224 e. The number of benzene rings is 1. The quantitative estimate of drug-likeness (QED) is 0.923. The van der Waals surface area contributed by atoms with Crippen LogP contribution in [0.1, 0.15) is 19.8 Å². The topological polar surface area (TPSA) is 41.6 Å². The monoisotopic (exact) mass is 282 g/mol. The van der Waals surface area contributed by atoms with Crippen LogP contribution in [-0.4, -0.2) is 32.2 Å². The highest BCUT2D eigenvalue weighted by atomic mass is 35.5. The largest absolute Gasteiger partial charge is 0.378 e. The number of ether oxygens (including phenoxy) is 1. The highest BCUT2D eigenvalue weighted by molar-refractivity contribution is 6.34. The van der Waals surface area contributed by atoms with E-state index < -0.39 is 0 Å². The molecule has 1 saturated heterocycles. The van der Waals surface area contributed by atoms with Gasteiger partial charge >= 0.3 is 0 Å². The summed E-state index contributed by atoms with van der Waals surface area (Å²) in [5.41, 5.74) is 1.68. The summed E-state index contributed by atoms with van der Waals surface area (Å²) in [6.45, 7) is 4.95. The van der Waals surface area contributed by atoms with Crippen LogP contribution in [-0.2, 0) is 9.53 Å². The van der Waals surface area contributed by atoms with E-state index in [1.54, 1.807) is 0 Å². The number of rotatable bonds is 4. The molecule has 1 aromatic rings. The number of amides is 1. The highest BCUT2D eigenvalue weighted by Gasteiger charge is 2.18. The molecule has 5 heteroatoms. The van der Waals surface area contributed by atoms with Gasteiger partial charge in [0.15, 0.2) is 0 Å². The Hall–Kier alpha value is -1.26. The molecule has 4 nitrogen and oxygen atoms in total. The number of hydrogen-bond acceptors (Lipinski definition) is 3. The number of carbonyl (C=O) groups excluding carboxylic acids is 1. The molecule has 104 valence electrons. The zero-order chi connectivity index (χ0) is 13.7. The van der Waals surface area contributed by atoms with Crippen molar-refractivity contribution in [2.24, 2.45) is 0 Å². The van der Waals surface area contributed by atoms with Crippen molar-refractivity contribution in [2.75, 3.05) is 36.5 Å². The molecule has 0 unspecified atom stereocenters. The molecule has 1 amide bonds. The third-order valence-corrected chi connectivity index (χ3v) is 3.37. The number of carbonyl (C=O) groups is 1. The Morgan fingerprint density at radius 1 is 1.42 bits per heavy atom. The van der Waals surface area contributed by atoms with E-state index in [-0.39, 0.29) is 5.91 Å². The molecule has 1 N–H and O–H groups in total. The second-order valence-electron chi connectivity index (χ2n) is 4.53. The number of para-hydroxylation sites is 1. The molecular formula is C14H19ClN2O2. The maximum absolute atomic E-state index is 11.8. The zero-order valence-electron chi connectivity index (χ0n) is 11.1. The first-order valence-corrected chi connectivity index (χ1v) is 7.01. The first-order chi connectivity index (χ1) is 9.22. The average Bonchev–Trinajstić information content (AvgIpc) is 2.40. The van der Waals surface area contributed by atoms with Crippen LogP contribution in [0.15, 0.2) is 18.2 Å². The van der Waals surface area contributed by atoms with Gasteiger partial charge in [0.05, 0.1) is 29.6 Å². The summed E-state index contributed by atoms with van der Waals surface area (Å²) in [5, 5.41) is 3.61. The molecule has 1 heterocycles. The van der Waals surface area contributed by atoms with Crippen LogP contribution in [0.5, 0.6) is 0 Å². The van der Waals surface area contributed by atoms with Crippen LogP contribution in [0.3, 0.4) is 0 Å². The van der Waals surface area contributed by atoms with Gasteiger partial charge in [0, 0.05) is 19.5 Å². The lowest BCUT2D eigenvalue weighted by Crippen LogP contribution is -2.37. The van der Waals surface area contributed by atoms with Gasteiger partial charge in [-0.05, 0) is 18.6 Å². The van der Waals surface area contributed by atoms with Crippen molar-refractivity contribution in [3.63, 3.8) is 0 Å². The van der Waals surface area contributed by atoms with Crippen molar-refractivity contribution in [1.82, 2.24) is 0 Å². The van der Waals surface area contributed by atoms with Crippen molar-refractivity contribution in [3.05, 3.63) is 23.2 Å². The molecule has 19 heavy (non-hydrogen) atoms. The molecule has 0 atom stereocenters. The van der Waals surface area contributed by atoms with E-state index in [2.05, 4.69) is 10.2 Å². The van der Waals surface area contributed by atoms with Crippen LogP contribution in [0, 0.1) is 0 Å². The molecule has 1 aliphatic rings. The second-order valence-corrected chi connectivity index (χ2v) is 4.94. The molecule has 0 bridgehead atoms. The van der Waals surface area contributed by atoms with Gasteiger partial charge in [-0.3, -0.25) is 4.79 Å². The van der Waals surface area contributed by atoms with Gasteiger partial charge in [-0.2, -0.15) is 0 Å². The van der Waals surface area contributed by atoms with Gasteiger partial charge in [0.25, 0.3) is 0 Å². The highest BCUT2D eigenvalue weighted by Crippen LogP contribution is 2.34. The maximum atomic E-state index is 11.8. The molecule has 2 rings (SSSR count). The van der Waals surface area contributed by atoms with E-state index in [9.17, 15) is 4.79 Å². The van der Waals surface area contributed by atoms with Crippen LogP contribution < -0.4 is 10.2 Å². The predicted molar refractivity (Wildman–Crippen MR) is 78.0 cm³/mol. The lowest BCUT2D eigenvalue weighted by Gasteiger charge is -2.31. The molecule has 1 fully saturated rings. The molecular weight excluding hydrogens is 264 g/mol. The summed E-state index contributed by atoms with van der Waals surface area (Å²) in [6, 6.07) is 5.60. The molecule has 1 aliphatic heterocycles. The van der Waals surface area contributed by atoms with Gasteiger partial charge in [0.2, 0.25) is 5.91 Å². The standard InChI is InChI=1S/C14H19ClN2O2/c1-2-4-13(18)16-12-6-3-5-11(15)14(12)17-7-9-19-10-8-17/h3,5-6H,2,4,7-10H2,1H3,(H,16,18). The first kappa shape index (κ1) is 14.2. The fraction of sp³-hybridized carbons (Fsp3) is 0.500. The van der Waals surface area contributed by atoms with Crippen molar-refractivity contribution in [3.8, 4) is 0 Å². The average molecular weight is 283 g/mol. The smallest absolute Gasteiger partial charge is 0.224 e. The van der Waals surface area contributed by atoms with Gasteiger partial charge < -0.3 is 15.0 Å². The summed E-state index contributed by atoms with van der Waals surface area (Å²) in [5.74, 6) is 0.0271. The molecule has 0 aliphatic carbocycles. The van der Waals surface area contributed by atoms with Gasteiger partial charge in [-0.15, -0.1) is 0 Å². The van der Waals surface area contributed by atoms with Crippen LogP contribution in [0.25, 0.3) is 0 Å². The van der Waals surface area contributed by atoms with Crippen molar-refractivity contribution < 1.29 is 9.53 Å². The minimum atomic E-state index is 0.0271. The lowest BCUT2D eigenvalue weighted by atomic mass is 10.2. The fourth-order valence-electron chi connectivity index (χ4n) is 2.16. The van der Waals surface area contributed by atoms with E-state index >= 15 is 0 Å². The number of halogens is 1. The van der Waals surface area contributed by atoms with Gasteiger partial charge in [-0.1, -0.05) is 24.6 Å². The molecule has 0 aromatic heterocycles. The minimum Gasteiger partial charge on any atom is -0.378 e. The number of morpholine rings is 1. The minimum absolute atomic E-state index is 0.0271. The molecule has 0 saturated carbocycles. The first-order valence-electron chi connectivity index (χ1n) is 6.63. The van der Waals surface area contributed by atoms with Crippen LogP contribution in [0.4, 0.5) is 11.4 Å². The summed E-state index contributed by atoms with van der Waals surface area (Å²) in [6.07, 6.45) is 1.36. The number of nitrogens with one attached hydrogen (secondary N) is 1.